The molecule has 154 valence electrons. The number of aromatic nitrogens is 1. The Bertz CT molecular complexity index is 588. The number of hydrogen-bond donors (Lipinski definition) is 2. The Labute approximate surface area is 179 Å². The fourth-order valence-electron chi connectivity index (χ4n) is 4.10. The normalized spacial score (nSPS) is 20.8. The van der Waals surface area contributed by atoms with E-state index in [1.54, 1.807) is 0 Å². The summed E-state index contributed by atoms with van der Waals surface area (Å²) in [6.07, 6.45) is 6.45. The quantitative estimate of drug-likeness (QED) is 0.375. The molecule has 0 bridgehead atoms. The molecule has 2 N–H and O–H groups in total. The highest BCUT2D eigenvalue weighted by Gasteiger charge is 2.38. The van der Waals surface area contributed by atoms with Crippen molar-refractivity contribution >= 4 is 29.9 Å². The van der Waals surface area contributed by atoms with Crippen LogP contribution in [0.5, 0.6) is 0 Å². The topological polar surface area (TPSA) is 74.9 Å². The largest absolute Gasteiger partial charge is 0.444 e. The minimum Gasteiger partial charge on any atom is -0.444 e. The van der Waals surface area contributed by atoms with Crippen LogP contribution in [0, 0.1) is 13.8 Å². The van der Waals surface area contributed by atoms with Gasteiger partial charge in [0.2, 0.25) is 5.89 Å². The number of ether oxygens (including phenoxy) is 1. The predicted octanol–water partition coefficient (Wildman–Crippen LogP) is 2.61. The van der Waals surface area contributed by atoms with Crippen LogP contribution in [-0.4, -0.2) is 61.3 Å². The number of aliphatic imine (C=N–C) groups is 1. The molecule has 3 rings (SSSR count). The van der Waals surface area contributed by atoms with Crippen LogP contribution in [0.4, 0.5) is 0 Å². The van der Waals surface area contributed by atoms with Crippen molar-refractivity contribution in [3.05, 3.63) is 17.3 Å². The molecule has 0 unspecified atom stereocenters. The second kappa shape index (κ2) is 10.6. The first-order valence-electron chi connectivity index (χ1n) is 9.83. The lowest BCUT2D eigenvalue weighted by molar-refractivity contribution is -0.0352. The van der Waals surface area contributed by atoms with Gasteiger partial charge in [-0.3, -0.25) is 9.89 Å². The van der Waals surface area contributed by atoms with Crippen LogP contribution in [0.25, 0.3) is 0 Å². The summed E-state index contributed by atoms with van der Waals surface area (Å²) < 4.78 is 11.2. The molecule has 1 aromatic rings. The Kier molecular flexibility index (Phi) is 8.81. The summed E-state index contributed by atoms with van der Waals surface area (Å²) >= 11 is 0. The third kappa shape index (κ3) is 5.80. The van der Waals surface area contributed by atoms with E-state index in [0.717, 1.165) is 50.3 Å². The van der Waals surface area contributed by atoms with Gasteiger partial charge in [0.25, 0.3) is 0 Å². The van der Waals surface area contributed by atoms with E-state index in [2.05, 4.69) is 25.5 Å². The summed E-state index contributed by atoms with van der Waals surface area (Å²) in [5.41, 5.74) is 1.16. The van der Waals surface area contributed by atoms with E-state index >= 15 is 0 Å². The van der Waals surface area contributed by atoms with Crippen molar-refractivity contribution in [1.29, 1.82) is 0 Å². The summed E-state index contributed by atoms with van der Waals surface area (Å²) in [4.78, 5) is 11.4. The smallest absolute Gasteiger partial charge is 0.214 e. The van der Waals surface area contributed by atoms with Gasteiger partial charge in [0, 0.05) is 32.2 Å². The van der Waals surface area contributed by atoms with Crippen molar-refractivity contribution < 1.29 is 9.15 Å². The highest BCUT2D eigenvalue weighted by Crippen LogP contribution is 2.33. The van der Waals surface area contributed by atoms with Crippen molar-refractivity contribution in [2.75, 3.05) is 39.9 Å². The van der Waals surface area contributed by atoms with E-state index < -0.39 is 0 Å². The van der Waals surface area contributed by atoms with Gasteiger partial charge in [-0.05, 0) is 26.7 Å². The highest BCUT2D eigenvalue weighted by molar-refractivity contribution is 14.0. The third-order valence-electron chi connectivity index (χ3n) is 5.75. The Balaban J connectivity index is 0.00000261. The number of morpholine rings is 1. The van der Waals surface area contributed by atoms with Crippen LogP contribution < -0.4 is 10.6 Å². The lowest BCUT2D eigenvalue weighted by atomic mass is 9.80. The number of hydrogen-bond acceptors (Lipinski definition) is 5. The summed E-state index contributed by atoms with van der Waals surface area (Å²) in [6.45, 7) is 9.11. The molecule has 0 amide bonds. The molecule has 0 atom stereocenters. The molecule has 2 heterocycles. The van der Waals surface area contributed by atoms with Gasteiger partial charge < -0.3 is 19.8 Å². The van der Waals surface area contributed by atoms with Gasteiger partial charge in [-0.15, -0.1) is 24.0 Å². The van der Waals surface area contributed by atoms with Crippen LogP contribution >= 0.6 is 24.0 Å². The number of oxazole rings is 1. The summed E-state index contributed by atoms with van der Waals surface area (Å²) in [5, 5.41) is 6.88. The third-order valence-corrected chi connectivity index (χ3v) is 5.75. The fourth-order valence-corrected chi connectivity index (χ4v) is 4.10. The van der Waals surface area contributed by atoms with Gasteiger partial charge in [0.05, 0.1) is 25.5 Å². The van der Waals surface area contributed by atoms with Crippen molar-refractivity contribution in [3.8, 4) is 0 Å². The number of rotatable bonds is 5. The van der Waals surface area contributed by atoms with Crippen LogP contribution in [-0.2, 0) is 11.3 Å². The molecule has 27 heavy (non-hydrogen) atoms. The number of guanidine groups is 1. The van der Waals surface area contributed by atoms with E-state index in [4.69, 9.17) is 9.15 Å². The molecule has 1 aromatic heterocycles. The monoisotopic (exact) mass is 491 g/mol. The van der Waals surface area contributed by atoms with Gasteiger partial charge in [0.15, 0.2) is 5.96 Å². The second-order valence-corrected chi connectivity index (χ2v) is 7.41. The van der Waals surface area contributed by atoms with Crippen LogP contribution in [0.3, 0.4) is 0 Å². The van der Waals surface area contributed by atoms with E-state index in [0.29, 0.717) is 12.4 Å². The predicted molar refractivity (Wildman–Crippen MR) is 118 cm³/mol. The highest BCUT2D eigenvalue weighted by atomic mass is 127. The second-order valence-electron chi connectivity index (χ2n) is 7.41. The number of aryl methyl sites for hydroxylation is 2. The molecule has 1 aliphatic carbocycles. The lowest BCUT2D eigenvalue weighted by Crippen LogP contribution is -2.60. The van der Waals surface area contributed by atoms with E-state index in [9.17, 15) is 0 Å². The van der Waals surface area contributed by atoms with E-state index in [1.165, 1.54) is 32.1 Å². The first kappa shape index (κ1) is 22.4. The molecule has 1 saturated heterocycles. The maximum atomic E-state index is 5.64. The maximum absolute atomic E-state index is 5.64. The van der Waals surface area contributed by atoms with E-state index in [1.807, 2.05) is 20.9 Å². The molecule has 2 aliphatic rings. The van der Waals surface area contributed by atoms with Crippen molar-refractivity contribution in [3.63, 3.8) is 0 Å². The van der Waals surface area contributed by atoms with Crippen molar-refractivity contribution in [2.45, 2.75) is 58.0 Å². The Morgan fingerprint density at radius 3 is 2.44 bits per heavy atom. The van der Waals surface area contributed by atoms with Crippen molar-refractivity contribution in [1.82, 2.24) is 20.5 Å². The van der Waals surface area contributed by atoms with Gasteiger partial charge in [-0.25, -0.2) is 4.98 Å². The minimum atomic E-state index is 0. The lowest BCUT2D eigenvalue weighted by Gasteiger charge is -2.48. The Hall–Kier alpha value is -0.870. The molecule has 0 spiro atoms. The molecule has 7 nitrogen and oxygen atoms in total. The molecule has 0 radical (unpaired) electrons. The first-order valence-corrected chi connectivity index (χ1v) is 9.83. The van der Waals surface area contributed by atoms with E-state index in [-0.39, 0.29) is 29.5 Å². The zero-order valence-electron chi connectivity index (χ0n) is 16.8. The maximum Gasteiger partial charge on any atom is 0.214 e. The molecule has 0 aromatic carbocycles. The summed E-state index contributed by atoms with van der Waals surface area (Å²) in [7, 11) is 1.81. The van der Waals surface area contributed by atoms with Gasteiger partial charge in [-0.2, -0.15) is 0 Å². The van der Waals surface area contributed by atoms with Crippen molar-refractivity contribution in [2.24, 2.45) is 4.99 Å². The average molecular weight is 491 g/mol. The summed E-state index contributed by atoms with van der Waals surface area (Å²) in [5.74, 6) is 2.37. The first-order chi connectivity index (χ1) is 12.6. The standard InChI is InChI=1S/C19H33N5O2.HI/c1-15-16(2)26-17(23-15)13-21-18(20-3)22-14-19(7-5-4-6-8-19)24-9-11-25-12-10-24;/h4-14H2,1-3H3,(H2,20,21,22);1H. The zero-order chi connectivity index (χ0) is 18.4. The average Bonchev–Trinajstić information content (AvgIpc) is 3.01. The van der Waals surface area contributed by atoms with Gasteiger partial charge >= 0.3 is 0 Å². The number of halogens is 1. The molecule has 2 fully saturated rings. The molecular formula is C19H34IN5O2. The minimum absolute atomic E-state index is 0. The molecule has 1 saturated carbocycles. The molecular weight excluding hydrogens is 457 g/mol. The molecule has 1 aliphatic heterocycles. The van der Waals surface area contributed by atoms with Gasteiger partial charge in [-0.1, -0.05) is 19.3 Å². The Morgan fingerprint density at radius 2 is 1.85 bits per heavy atom. The number of nitrogens with one attached hydrogen (secondary N) is 2. The van der Waals surface area contributed by atoms with Crippen LogP contribution in [0.1, 0.15) is 49.4 Å². The SMILES string of the molecule is CN=C(NCc1nc(C)c(C)o1)NCC1(N2CCOCC2)CCCCC1.I. The van der Waals surface area contributed by atoms with Gasteiger partial charge in [0.1, 0.15) is 5.76 Å². The number of nitrogens with zero attached hydrogens (tertiary/aromatic N) is 3. The Morgan fingerprint density at radius 1 is 1.15 bits per heavy atom. The van der Waals surface area contributed by atoms with Crippen LogP contribution in [0.2, 0.25) is 0 Å². The van der Waals surface area contributed by atoms with Crippen LogP contribution in [0.15, 0.2) is 9.41 Å². The zero-order valence-corrected chi connectivity index (χ0v) is 19.2. The molecule has 8 heteroatoms. The fraction of sp³-hybridized carbons (Fsp3) is 0.789. The summed E-state index contributed by atoms with van der Waals surface area (Å²) in [6, 6.07) is 0.